The number of methoxy groups -OCH3 is 1. The number of hydrogen-bond donors (Lipinski definition) is 1. The first kappa shape index (κ1) is 23.8. The van der Waals surface area contributed by atoms with Gasteiger partial charge < -0.3 is 24.3 Å². The van der Waals surface area contributed by atoms with E-state index in [0.717, 1.165) is 17.7 Å². The predicted molar refractivity (Wildman–Crippen MR) is 127 cm³/mol. The minimum absolute atomic E-state index is 0.101. The first-order valence-corrected chi connectivity index (χ1v) is 11.5. The minimum atomic E-state index is -4.77. The highest BCUT2D eigenvalue weighted by Gasteiger charge is 2.38. The second kappa shape index (κ2) is 9.25. The quantitative estimate of drug-likeness (QED) is 0.544. The zero-order chi connectivity index (χ0) is 25.4. The van der Waals surface area contributed by atoms with Crippen molar-refractivity contribution in [2.24, 2.45) is 5.92 Å². The number of ether oxygens (including phenoxy) is 2. The second-order valence-electron chi connectivity index (χ2n) is 8.99. The van der Waals surface area contributed by atoms with E-state index in [1.54, 1.807) is 39.8 Å². The van der Waals surface area contributed by atoms with Crippen LogP contribution in [-0.4, -0.2) is 42.1 Å². The van der Waals surface area contributed by atoms with E-state index in [9.17, 15) is 22.8 Å². The topological polar surface area (TPSA) is 72.8 Å². The molecule has 0 spiro atoms. The highest BCUT2D eigenvalue weighted by molar-refractivity contribution is 5.91. The van der Waals surface area contributed by atoms with Gasteiger partial charge in [-0.2, -0.15) is 0 Å². The summed E-state index contributed by atoms with van der Waals surface area (Å²) in [6.45, 7) is 1.38. The van der Waals surface area contributed by atoms with E-state index in [-0.39, 0.29) is 29.2 Å². The van der Waals surface area contributed by atoms with Gasteiger partial charge in [-0.3, -0.25) is 4.79 Å². The van der Waals surface area contributed by atoms with Gasteiger partial charge >= 0.3 is 12.4 Å². The molecule has 10 heteroatoms. The van der Waals surface area contributed by atoms with Crippen LogP contribution in [0.15, 0.2) is 65.5 Å². The number of rotatable bonds is 4. The Morgan fingerprint density at radius 3 is 2.47 bits per heavy atom. The molecule has 3 heterocycles. The molecule has 0 radical (unpaired) electrons. The van der Waals surface area contributed by atoms with Crippen LogP contribution in [0.25, 0.3) is 11.1 Å². The highest BCUT2D eigenvalue weighted by Crippen LogP contribution is 2.40. The fourth-order valence-corrected chi connectivity index (χ4v) is 5.20. The van der Waals surface area contributed by atoms with E-state index in [1.807, 2.05) is 12.1 Å². The number of carbonyl (C=O) groups is 1. The fraction of sp³-hybridized carbons (Fsp3) is 0.308. The minimum Gasteiger partial charge on any atom is -0.495 e. The Labute approximate surface area is 205 Å². The lowest BCUT2D eigenvalue weighted by atomic mass is 9.80. The van der Waals surface area contributed by atoms with Crippen LogP contribution in [0.5, 0.6) is 11.5 Å². The number of anilines is 1. The number of fused-ring (bicyclic) bond motifs is 4. The van der Waals surface area contributed by atoms with Crippen molar-refractivity contribution in [2.45, 2.75) is 25.2 Å². The number of nitrogens with one attached hydrogen (secondary N) is 1. The van der Waals surface area contributed by atoms with Gasteiger partial charge in [-0.1, -0.05) is 24.3 Å². The van der Waals surface area contributed by atoms with Gasteiger partial charge in [-0.05, 0) is 48.2 Å². The fourth-order valence-electron chi connectivity index (χ4n) is 5.20. The van der Waals surface area contributed by atoms with Crippen molar-refractivity contribution in [1.29, 1.82) is 0 Å². The van der Waals surface area contributed by atoms with Gasteiger partial charge in [0.2, 0.25) is 0 Å². The van der Waals surface area contributed by atoms with Crippen LogP contribution in [-0.2, 0) is 6.54 Å². The number of likely N-dealkylation sites (tertiary alicyclic amines) is 1. The first-order chi connectivity index (χ1) is 17.2. The number of halogens is 3. The van der Waals surface area contributed by atoms with Crippen molar-refractivity contribution in [2.75, 3.05) is 25.5 Å². The predicted octanol–water partition coefficient (Wildman–Crippen LogP) is 5.07. The molecule has 36 heavy (non-hydrogen) atoms. The van der Waals surface area contributed by atoms with Crippen LogP contribution in [0.2, 0.25) is 0 Å². The van der Waals surface area contributed by atoms with Crippen LogP contribution >= 0.6 is 0 Å². The van der Waals surface area contributed by atoms with Crippen molar-refractivity contribution in [3.05, 3.63) is 76.7 Å². The standard InChI is InChI=1S/C26H24F3N3O4/c1-35-22-5-3-2-4-21(22)30-25(34)31-13-16-12-18(15-31)24-20(10-11-23(33)32(24)14-16)17-6-8-19(9-7-17)36-26(27,28)29/h2-11,16,18H,12-15H2,1H3,(H,30,34). The van der Waals surface area contributed by atoms with E-state index in [1.165, 1.54) is 25.3 Å². The van der Waals surface area contributed by atoms with Crippen molar-refractivity contribution < 1.29 is 27.4 Å². The van der Waals surface area contributed by atoms with Crippen LogP contribution < -0.4 is 20.3 Å². The Bertz CT molecular complexity index is 1340. The lowest BCUT2D eigenvalue weighted by Gasteiger charge is -2.43. The van der Waals surface area contributed by atoms with Gasteiger partial charge in [0, 0.05) is 42.9 Å². The lowest BCUT2D eigenvalue weighted by molar-refractivity contribution is -0.274. The number of nitrogens with zero attached hydrogens (tertiary/aromatic N) is 2. The molecule has 1 fully saturated rings. The van der Waals surface area contributed by atoms with Crippen LogP contribution in [0.3, 0.4) is 0 Å². The largest absolute Gasteiger partial charge is 0.573 e. The Hall–Kier alpha value is -3.95. The Kier molecular flexibility index (Phi) is 6.11. The summed E-state index contributed by atoms with van der Waals surface area (Å²) in [5.41, 5.74) is 2.65. The Balaban J connectivity index is 1.42. The third-order valence-electron chi connectivity index (χ3n) is 6.62. The molecule has 2 bridgehead atoms. The summed E-state index contributed by atoms with van der Waals surface area (Å²) in [6.07, 6.45) is -3.96. The zero-order valence-corrected chi connectivity index (χ0v) is 19.4. The van der Waals surface area contributed by atoms with Crippen molar-refractivity contribution in [3.8, 4) is 22.6 Å². The van der Waals surface area contributed by atoms with E-state index >= 15 is 0 Å². The molecule has 7 nitrogen and oxygen atoms in total. The molecule has 1 saturated heterocycles. The number of hydrogen-bond acceptors (Lipinski definition) is 4. The molecule has 2 atom stereocenters. The number of amides is 2. The van der Waals surface area contributed by atoms with E-state index in [2.05, 4.69) is 10.1 Å². The van der Waals surface area contributed by atoms with Gasteiger partial charge in [0.05, 0.1) is 12.8 Å². The van der Waals surface area contributed by atoms with E-state index < -0.39 is 6.36 Å². The maximum Gasteiger partial charge on any atom is 0.573 e. The smallest absolute Gasteiger partial charge is 0.495 e. The molecule has 2 aliphatic heterocycles. The Morgan fingerprint density at radius 1 is 1.00 bits per heavy atom. The van der Waals surface area contributed by atoms with Gasteiger partial charge in [0.15, 0.2) is 0 Å². The van der Waals surface area contributed by atoms with Crippen molar-refractivity contribution in [3.63, 3.8) is 0 Å². The van der Waals surface area contributed by atoms with Crippen molar-refractivity contribution >= 4 is 11.7 Å². The molecule has 0 aliphatic carbocycles. The average Bonchev–Trinajstić information content (AvgIpc) is 2.84. The van der Waals surface area contributed by atoms with Crippen molar-refractivity contribution in [1.82, 2.24) is 9.47 Å². The molecule has 3 aromatic rings. The zero-order valence-electron chi connectivity index (χ0n) is 19.4. The number of pyridine rings is 1. The number of urea groups is 1. The number of para-hydroxylation sites is 2. The summed E-state index contributed by atoms with van der Waals surface area (Å²) < 4.78 is 48.7. The summed E-state index contributed by atoms with van der Waals surface area (Å²) in [5.74, 6) is 0.247. The third-order valence-corrected chi connectivity index (χ3v) is 6.62. The van der Waals surface area contributed by atoms with Gasteiger partial charge in [0.25, 0.3) is 5.56 Å². The molecule has 5 rings (SSSR count). The number of piperidine rings is 1. The number of aromatic nitrogens is 1. The summed E-state index contributed by atoms with van der Waals surface area (Å²) in [6, 6.07) is 15.7. The van der Waals surface area contributed by atoms with Gasteiger partial charge in [-0.25, -0.2) is 4.79 Å². The van der Waals surface area contributed by atoms with Crippen LogP contribution in [0.1, 0.15) is 18.0 Å². The molecule has 1 N–H and O–H groups in total. The maximum atomic E-state index is 13.1. The number of carbonyl (C=O) groups excluding carboxylic acids is 1. The average molecular weight is 499 g/mol. The van der Waals surface area contributed by atoms with Gasteiger partial charge in [0.1, 0.15) is 11.5 Å². The first-order valence-electron chi connectivity index (χ1n) is 11.5. The third kappa shape index (κ3) is 4.75. The summed E-state index contributed by atoms with van der Waals surface area (Å²) in [4.78, 5) is 27.6. The number of alkyl halides is 3. The molecule has 1 aromatic heterocycles. The molecule has 2 aliphatic rings. The molecule has 0 saturated carbocycles. The molecule has 2 unspecified atom stereocenters. The summed E-state index contributed by atoms with van der Waals surface area (Å²) in [7, 11) is 1.54. The summed E-state index contributed by atoms with van der Waals surface area (Å²) >= 11 is 0. The van der Waals surface area contributed by atoms with Crippen LogP contribution in [0, 0.1) is 5.92 Å². The van der Waals surface area contributed by atoms with Crippen LogP contribution in [0.4, 0.5) is 23.7 Å². The normalized spacial score (nSPS) is 18.8. The monoisotopic (exact) mass is 499 g/mol. The van der Waals surface area contributed by atoms with E-state index in [0.29, 0.717) is 36.6 Å². The molecule has 2 amide bonds. The van der Waals surface area contributed by atoms with E-state index in [4.69, 9.17) is 4.74 Å². The number of benzene rings is 2. The second-order valence-corrected chi connectivity index (χ2v) is 8.99. The Morgan fingerprint density at radius 2 is 1.75 bits per heavy atom. The molecule has 2 aromatic carbocycles. The van der Waals surface area contributed by atoms with Gasteiger partial charge in [-0.15, -0.1) is 13.2 Å². The lowest BCUT2D eigenvalue weighted by Crippen LogP contribution is -2.50. The highest BCUT2D eigenvalue weighted by atomic mass is 19.4. The molecule has 188 valence electrons. The molecular formula is C26H24F3N3O4. The summed E-state index contributed by atoms with van der Waals surface area (Å²) in [5, 5.41) is 2.91. The maximum absolute atomic E-state index is 13.1. The molecular weight excluding hydrogens is 475 g/mol. The SMILES string of the molecule is COc1ccccc1NC(=O)N1CC2CC(C1)c1c(-c3ccc(OC(F)(F)F)cc3)ccc(=O)n1C2.